The van der Waals surface area contributed by atoms with Gasteiger partial charge < -0.3 is 5.11 Å². The van der Waals surface area contributed by atoms with Crippen molar-refractivity contribution in [2.45, 2.75) is 26.3 Å². The molecule has 3 aromatic rings. The molecule has 124 valence electrons. The van der Waals surface area contributed by atoms with Gasteiger partial charge in [0.15, 0.2) is 0 Å². The van der Waals surface area contributed by atoms with Crippen LogP contribution in [0.1, 0.15) is 18.7 Å². The van der Waals surface area contributed by atoms with Gasteiger partial charge in [0.25, 0.3) is 5.56 Å². The van der Waals surface area contributed by atoms with Crippen molar-refractivity contribution in [3.05, 3.63) is 50.3 Å². The zero-order valence-corrected chi connectivity index (χ0v) is 15.4. The van der Waals surface area contributed by atoms with Crippen LogP contribution in [0.25, 0.3) is 21.3 Å². The summed E-state index contributed by atoms with van der Waals surface area (Å²) < 4.78 is 2.55. The van der Waals surface area contributed by atoms with Crippen molar-refractivity contribution in [1.29, 1.82) is 0 Å². The normalized spacial score (nSPS) is 11.1. The number of benzene rings is 1. The van der Waals surface area contributed by atoms with Gasteiger partial charge in [-0.25, -0.2) is 4.98 Å². The Kier molecular flexibility index (Phi) is 4.82. The van der Waals surface area contributed by atoms with E-state index in [0.717, 1.165) is 15.6 Å². The van der Waals surface area contributed by atoms with E-state index in [1.165, 1.54) is 11.3 Å². The Morgan fingerprint density at radius 2 is 2.04 bits per heavy atom. The van der Waals surface area contributed by atoms with Gasteiger partial charge in [0.05, 0.1) is 5.39 Å². The zero-order chi connectivity index (χ0) is 17.3. The highest BCUT2D eigenvalue weighted by molar-refractivity contribution is 9.10. The number of carbonyl (C=O) groups is 1. The molecule has 0 atom stereocenters. The van der Waals surface area contributed by atoms with Gasteiger partial charge in [0.1, 0.15) is 10.7 Å². The molecule has 24 heavy (non-hydrogen) atoms. The quantitative estimate of drug-likeness (QED) is 0.693. The summed E-state index contributed by atoms with van der Waals surface area (Å²) in [5.41, 5.74) is 1.72. The summed E-state index contributed by atoms with van der Waals surface area (Å²) in [6.07, 6.45) is 0.439. The molecule has 0 bridgehead atoms. The van der Waals surface area contributed by atoms with E-state index >= 15 is 0 Å². The summed E-state index contributed by atoms with van der Waals surface area (Å²) in [5.74, 6) is -0.247. The molecule has 0 fully saturated rings. The second-order valence-electron chi connectivity index (χ2n) is 5.45. The first kappa shape index (κ1) is 16.9. The number of thiophene rings is 1. The number of fused-ring (bicyclic) bond motifs is 1. The molecule has 0 radical (unpaired) electrons. The lowest BCUT2D eigenvalue weighted by molar-refractivity contribution is -0.137. The van der Waals surface area contributed by atoms with Crippen molar-refractivity contribution in [1.82, 2.24) is 9.55 Å². The van der Waals surface area contributed by atoms with Crippen LogP contribution >= 0.6 is 27.3 Å². The molecule has 0 amide bonds. The fourth-order valence-electron chi connectivity index (χ4n) is 2.62. The highest BCUT2D eigenvalue weighted by Gasteiger charge is 2.15. The van der Waals surface area contributed by atoms with E-state index in [2.05, 4.69) is 20.9 Å². The van der Waals surface area contributed by atoms with E-state index < -0.39 is 5.97 Å². The maximum atomic E-state index is 12.9. The van der Waals surface area contributed by atoms with Crippen molar-refractivity contribution < 1.29 is 9.90 Å². The van der Waals surface area contributed by atoms with Gasteiger partial charge in [-0.15, -0.1) is 11.3 Å². The topological polar surface area (TPSA) is 72.2 Å². The number of aliphatic carboxylic acids is 1. The fraction of sp³-hybridized carbons (Fsp3) is 0.235. The number of nitrogens with zero attached hydrogens (tertiary/aromatic N) is 2. The molecule has 0 spiro atoms. The molecule has 1 aromatic carbocycles. The molecule has 3 rings (SSSR count). The van der Waals surface area contributed by atoms with E-state index in [0.29, 0.717) is 29.0 Å². The Bertz CT molecular complexity index is 960. The number of aromatic nitrogens is 2. The van der Waals surface area contributed by atoms with Gasteiger partial charge in [-0.3, -0.25) is 14.2 Å². The first-order valence-corrected chi connectivity index (χ1v) is 9.11. The maximum absolute atomic E-state index is 12.9. The van der Waals surface area contributed by atoms with Crippen LogP contribution in [0.4, 0.5) is 0 Å². The van der Waals surface area contributed by atoms with Crippen LogP contribution in [0, 0.1) is 6.92 Å². The third kappa shape index (κ3) is 3.27. The fourth-order valence-corrected chi connectivity index (χ4v) is 3.87. The average Bonchev–Trinajstić information content (AvgIpc) is 2.95. The Morgan fingerprint density at radius 1 is 1.33 bits per heavy atom. The highest BCUT2D eigenvalue weighted by atomic mass is 79.9. The molecule has 2 heterocycles. The van der Waals surface area contributed by atoms with Gasteiger partial charge in [0, 0.05) is 28.4 Å². The number of halogens is 1. The van der Waals surface area contributed by atoms with Crippen LogP contribution in [0.15, 0.2) is 38.9 Å². The van der Waals surface area contributed by atoms with Crippen LogP contribution in [-0.2, 0) is 11.3 Å². The second-order valence-corrected chi connectivity index (χ2v) is 7.22. The van der Waals surface area contributed by atoms with Crippen molar-refractivity contribution >= 4 is 43.5 Å². The molecule has 0 aliphatic rings. The summed E-state index contributed by atoms with van der Waals surface area (Å²) in [7, 11) is 0. The first-order valence-electron chi connectivity index (χ1n) is 7.43. The molecule has 1 N–H and O–H groups in total. The van der Waals surface area contributed by atoms with E-state index in [-0.39, 0.29) is 12.0 Å². The summed E-state index contributed by atoms with van der Waals surface area (Å²) in [4.78, 5) is 28.8. The summed E-state index contributed by atoms with van der Waals surface area (Å²) >= 11 is 4.86. The number of carboxylic acid groups (broad SMARTS) is 1. The van der Waals surface area contributed by atoms with Crippen molar-refractivity contribution in [3.63, 3.8) is 0 Å². The summed E-state index contributed by atoms with van der Waals surface area (Å²) in [5, 5.41) is 11.3. The lowest BCUT2D eigenvalue weighted by atomic mass is 10.1. The van der Waals surface area contributed by atoms with E-state index in [9.17, 15) is 9.59 Å². The molecule has 5 nitrogen and oxygen atoms in total. The Morgan fingerprint density at radius 3 is 2.71 bits per heavy atom. The number of aryl methyl sites for hydroxylation is 1. The van der Waals surface area contributed by atoms with Crippen molar-refractivity contribution in [2.24, 2.45) is 0 Å². The van der Waals surface area contributed by atoms with Crippen LogP contribution in [0.5, 0.6) is 0 Å². The minimum absolute atomic E-state index is 0.0348. The predicted molar refractivity (Wildman–Crippen MR) is 98.6 cm³/mol. The molecule has 2 aromatic heterocycles. The van der Waals surface area contributed by atoms with Crippen molar-refractivity contribution in [3.8, 4) is 11.1 Å². The number of hydrogen-bond donors (Lipinski definition) is 1. The average molecular weight is 407 g/mol. The van der Waals surface area contributed by atoms with Gasteiger partial charge in [-0.2, -0.15) is 0 Å². The maximum Gasteiger partial charge on any atom is 0.303 e. The minimum Gasteiger partial charge on any atom is -0.481 e. The largest absolute Gasteiger partial charge is 0.481 e. The van der Waals surface area contributed by atoms with Gasteiger partial charge in [-0.1, -0.05) is 28.1 Å². The van der Waals surface area contributed by atoms with Gasteiger partial charge in [0.2, 0.25) is 0 Å². The van der Waals surface area contributed by atoms with Crippen molar-refractivity contribution in [2.75, 3.05) is 0 Å². The predicted octanol–water partition coefficient (Wildman–Crippen LogP) is 4.06. The summed E-state index contributed by atoms with van der Waals surface area (Å²) in [6.45, 7) is 2.14. The van der Waals surface area contributed by atoms with Gasteiger partial charge >= 0.3 is 5.97 Å². The highest BCUT2D eigenvalue weighted by Crippen LogP contribution is 2.31. The Hall–Kier alpha value is -1.99. The summed E-state index contributed by atoms with van der Waals surface area (Å²) in [6, 6.07) is 7.79. The molecule has 0 saturated carbocycles. The first-order chi connectivity index (χ1) is 11.5. The standard InChI is InChI=1S/C17H15BrN2O3S/c1-10-19-16-15(17(23)20(10)8-2-3-14(21)22)13(9-24-16)11-4-6-12(18)7-5-11/h4-7,9H,2-3,8H2,1H3,(H,21,22). The zero-order valence-electron chi connectivity index (χ0n) is 13.0. The van der Waals surface area contributed by atoms with E-state index in [1.807, 2.05) is 29.6 Å². The molecular weight excluding hydrogens is 392 g/mol. The number of carboxylic acids is 1. The molecule has 0 unspecified atom stereocenters. The smallest absolute Gasteiger partial charge is 0.303 e. The monoisotopic (exact) mass is 406 g/mol. The van der Waals surface area contributed by atoms with E-state index in [1.54, 1.807) is 11.5 Å². The van der Waals surface area contributed by atoms with Crippen LogP contribution in [0.3, 0.4) is 0 Å². The van der Waals surface area contributed by atoms with Gasteiger partial charge in [-0.05, 0) is 31.0 Å². The molecule has 0 aliphatic carbocycles. The van der Waals surface area contributed by atoms with Crippen LogP contribution < -0.4 is 5.56 Å². The number of rotatable bonds is 5. The molecule has 0 saturated heterocycles. The van der Waals surface area contributed by atoms with Crippen LogP contribution in [0.2, 0.25) is 0 Å². The molecular formula is C17H15BrN2O3S. The number of hydrogen-bond acceptors (Lipinski definition) is 4. The third-order valence-electron chi connectivity index (χ3n) is 3.81. The van der Waals surface area contributed by atoms with Crippen LogP contribution in [-0.4, -0.2) is 20.6 Å². The molecule has 0 aliphatic heterocycles. The second kappa shape index (κ2) is 6.86. The third-order valence-corrected chi connectivity index (χ3v) is 5.21. The Labute approximate surface area is 150 Å². The van der Waals surface area contributed by atoms with E-state index in [4.69, 9.17) is 5.11 Å². The molecule has 7 heteroatoms. The Balaban J connectivity index is 2.08. The minimum atomic E-state index is -0.860. The SMILES string of the molecule is Cc1nc2scc(-c3ccc(Br)cc3)c2c(=O)n1CCCC(=O)O. The lowest BCUT2D eigenvalue weighted by Gasteiger charge is -2.09. The lowest BCUT2D eigenvalue weighted by Crippen LogP contribution is -2.24.